The summed E-state index contributed by atoms with van der Waals surface area (Å²) in [5.41, 5.74) is 0. The second kappa shape index (κ2) is 3.22. The Balaban J connectivity index is 2.78. The van der Waals surface area contributed by atoms with Crippen molar-refractivity contribution >= 4 is 40.8 Å². The molecule has 1 fully saturated rings. The highest BCUT2D eigenvalue weighted by Gasteiger charge is 2.47. The molecule has 1 saturated heterocycles. The van der Waals surface area contributed by atoms with Gasteiger partial charge >= 0.3 is 5.97 Å². The lowest BCUT2D eigenvalue weighted by Crippen LogP contribution is -2.40. The Labute approximate surface area is 85.5 Å². The molecule has 0 aromatic carbocycles. The number of hydrogen-bond acceptors (Lipinski definition) is 3. The number of ether oxygens (including phenoxy) is 1. The van der Waals surface area contributed by atoms with Gasteiger partial charge in [-0.05, 0) is 14.0 Å². The predicted molar refractivity (Wildman–Crippen MR) is 47.4 cm³/mol. The summed E-state index contributed by atoms with van der Waals surface area (Å²) in [6, 6.07) is -0.356. The van der Waals surface area contributed by atoms with Crippen molar-refractivity contribution in [3.8, 4) is 0 Å². The van der Waals surface area contributed by atoms with E-state index < -0.39 is 10.0 Å². The first-order valence-electron chi connectivity index (χ1n) is 3.33. The van der Waals surface area contributed by atoms with Crippen LogP contribution in [0.2, 0.25) is 0 Å². The van der Waals surface area contributed by atoms with Gasteiger partial charge in [-0.3, -0.25) is 9.69 Å². The van der Waals surface area contributed by atoms with Gasteiger partial charge in [0.15, 0.2) is 0 Å². The number of hydrogen-bond donors (Lipinski definition) is 0. The van der Waals surface area contributed by atoms with E-state index in [1.165, 1.54) is 0 Å². The number of nitrogens with zero attached hydrogens (tertiary/aromatic N) is 1. The van der Waals surface area contributed by atoms with E-state index in [0.29, 0.717) is 0 Å². The van der Waals surface area contributed by atoms with Gasteiger partial charge in [0, 0.05) is 0 Å². The van der Waals surface area contributed by atoms with Gasteiger partial charge in [-0.1, -0.05) is 34.8 Å². The maximum atomic E-state index is 11.0. The molecule has 1 aliphatic heterocycles. The third-order valence-electron chi connectivity index (χ3n) is 1.83. The molecule has 12 heavy (non-hydrogen) atoms. The summed E-state index contributed by atoms with van der Waals surface area (Å²) in [5, 5.41) is 0. The van der Waals surface area contributed by atoms with Crippen LogP contribution < -0.4 is 0 Å². The van der Waals surface area contributed by atoms with Crippen LogP contribution in [0.25, 0.3) is 0 Å². The van der Waals surface area contributed by atoms with E-state index in [4.69, 9.17) is 39.5 Å². The minimum Gasteiger partial charge on any atom is -0.440 e. The Morgan fingerprint density at radius 2 is 2.00 bits per heavy atom. The van der Waals surface area contributed by atoms with Crippen molar-refractivity contribution in [3.63, 3.8) is 0 Å². The summed E-state index contributed by atoms with van der Waals surface area (Å²) in [6.07, 6.45) is -0.787. The van der Waals surface area contributed by atoms with Crippen LogP contribution in [0.1, 0.15) is 6.92 Å². The van der Waals surface area contributed by atoms with E-state index in [1.54, 1.807) is 18.9 Å². The smallest absolute Gasteiger partial charge is 0.324 e. The predicted octanol–water partition coefficient (Wildman–Crippen LogP) is 1.56. The number of esters is 1. The standard InChI is InChI=1S/C6H8Cl3NO2/c1-3-4(11)12-5(10(3)2)6(7,8)9/h3,5H,1-2H3/t3-,5-/m0/s1. The average Bonchev–Trinajstić information content (AvgIpc) is 2.15. The summed E-state index contributed by atoms with van der Waals surface area (Å²) in [6.45, 7) is 1.69. The summed E-state index contributed by atoms with van der Waals surface area (Å²) in [5.74, 6) is -0.367. The first kappa shape index (κ1) is 10.4. The van der Waals surface area contributed by atoms with Gasteiger partial charge in [-0.2, -0.15) is 0 Å². The third kappa shape index (κ3) is 1.79. The lowest BCUT2D eigenvalue weighted by molar-refractivity contribution is -0.142. The van der Waals surface area contributed by atoms with Crippen LogP contribution in [0.4, 0.5) is 0 Å². The summed E-state index contributed by atoms with van der Waals surface area (Å²) in [7, 11) is 1.67. The highest BCUT2D eigenvalue weighted by molar-refractivity contribution is 6.68. The quantitative estimate of drug-likeness (QED) is 0.469. The number of carbonyl (C=O) groups excluding carboxylic acids is 1. The zero-order valence-electron chi connectivity index (χ0n) is 6.55. The van der Waals surface area contributed by atoms with Gasteiger partial charge in [0.2, 0.25) is 10.0 Å². The van der Waals surface area contributed by atoms with Crippen molar-refractivity contribution < 1.29 is 9.53 Å². The minimum atomic E-state index is -1.59. The topological polar surface area (TPSA) is 29.5 Å². The Morgan fingerprint density at radius 1 is 1.50 bits per heavy atom. The first-order chi connectivity index (χ1) is 5.34. The fourth-order valence-electron chi connectivity index (χ4n) is 0.959. The maximum Gasteiger partial charge on any atom is 0.324 e. The van der Waals surface area contributed by atoms with Crippen molar-refractivity contribution in [1.29, 1.82) is 0 Å². The van der Waals surface area contributed by atoms with Gasteiger partial charge < -0.3 is 4.74 Å². The van der Waals surface area contributed by atoms with Crippen molar-refractivity contribution in [1.82, 2.24) is 4.90 Å². The molecular formula is C6H8Cl3NO2. The Kier molecular flexibility index (Phi) is 2.78. The lowest BCUT2D eigenvalue weighted by atomic mass is 10.3. The number of likely N-dealkylation sites (N-methyl/N-ethyl adjacent to an activating group) is 1. The third-order valence-corrected chi connectivity index (χ3v) is 2.39. The SMILES string of the molecule is C[C@H]1C(=O)O[C@@H](C(Cl)(Cl)Cl)N1C. The average molecular weight is 232 g/mol. The van der Waals surface area contributed by atoms with Gasteiger partial charge in [-0.25, -0.2) is 0 Å². The largest absolute Gasteiger partial charge is 0.440 e. The molecule has 1 heterocycles. The lowest BCUT2D eigenvalue weighted by Gasteiger charge is -2.24. The van der Waals surface area contributed by atoms with Crippen LogP contribution in [-0.2, 0) is 9.53 Å². The van der Waals surface area contributed by atoms with Gasteiger partial charge in [0.05, 0.1) is 0 Å². The van der Waals surface area contributed by atoms with E-state index >= 15 is 0 Å². The molecule has 70 valence electrons. The summed E-state index contributed by atoms with van der Waals surface area (Å²) >= 11 is 16.7. The number of carbonyl (C=O) groups is 1. The molecule has 0 aromatic heterocycles. The van der Waals surface area contributed by atoms with E-state index in [9.17, 15) is 4.79 Å². The van der Waals surface area contributed by atoms with Crippen LogP contribution in [-0.4, -0.2) is 34.0 Å². The van der Waals surface area contributed by atoms with Crippen LogP contribution in [0.3, 0.4) is 0 Å². The molecule has 0 aliphatic carbocycles. The molecule has 0 unspecified atom stereocenters. The van der Waals surface area contributed by atoms with E-state index in [-0.39, 0.29) is 12.0 Å². The molecule has 0 N–H and O–H groups in total. The highest BCUT2D eigenvalue weighted by Crippen LogP contribution is 2.37. The number of rotatable bonds is 0. The van der Waals surface area contributed by atoms with Crippen molar-refractivity contribution in [2.24, 2.45) is 0 Å². The molecular weight excluding hydrogens is 224 g/mol. The van der Waals surface area contributed by atoms with Crippen molar-refractivity contribution in [2.45, 2.75) is 23.0 Å². The molecule has 0 amide bonds. The second-order valence-corrected chi connectivity index (χ2v) is 5.04. The molecule has 0 saturated carbocycles. The van der Waals surface area contributed by atoms with Crippen molar-refractivity contribution in [2.75, 3.05) is 7.05 Å². The summed E-state index contributed by atoms with van der Waals surface area (Å²) in [4.78, 5) is 12.6. The molecule has 1 aliphatic rings. The van der Waals surface area contributed by atoms with Gasteiger partial charge in [0.25, 0.3) is 0 Å². The van der Waals surface area contributed by atoms with Crippen LogP contribution >= 0.6 is 34.8 Å². The van der Waals surface area contributed by atoms with Gasteiger partial charge in [-0.15, -0.1) is 0 Å². The zero-order chi connectivity index (χ0) is 9.52. The first-order valence-corrected chi connectivity index (χ1v) is 4.46. The Bertz CT molecular complexity index is 203. The summed E-state index contributed by atoms with van der Waals surface area (Å²) < 4.78 is 3.25. The molecule has 1 rings (SSSR count). The van der Waals surface area contributed by atoms with Crippen LogP contribution in [0, 0.1) is 0 Å². The Morgan fingerprint density at radius 3 is 2.17 bits per heavy atom. The molecule has 0 bridgehead atoms. The fraction of sp³-hybridized carbons (Fsp3) is 0.833. The van der Waals surface area contributed by atoms with E-state index in [2.05, 4.69) is 0 Å². The number of halogens is 3. The number of alkyl halides is 3. The van der Waals surface area contributed by atoms with Crippen molar-refractivity contribution in [3.05, 3.63) is 0 Å². The molecule has 0 radical (unpaired) electrons. The van der Waals surface area contributed by atoms with E-state index in [1.807, 2.05) is 0 Å². The minimum absolute atomic E-state index is 0.356. The monoisotopic (exact) mass is 231 g/mol. The van der Waals surface area contributed by atoms with Crippen LogP contribution in [0.5, 0.6) is 0 Å². The fourth-order valence-corrected chi connectivity index (χ4v) is 1.55. The molecule has 3 nitrogen and oxygen atoms in total. The van der Waals surface area contributed by atoms with Gasteiger partial charge in [0.1, 0.15) is 6.04 Å². The number of cyclic esters (lactones) is 1. The zero-order valence-corrected chi connectivity index (χ0v) is 8.82. The normalized spacial score (nSPS) is 32.2. The molecule has 0 spiro atoms. The second-order valence-electron chi connectivity index (χ2n) is 2.67. The molecule has 0 aromatic rings. The maximum absolute atomic E-state index is 11.0. The highest BCUT2D eigenvalue weighted by atomic mass is 35.6. The van der Waals surface area contributed by atoms with E-state index in [0.717, 1.165) is 0 Å². The molecule has 6 heteroatoms. The molecule has 2 atom stereocenters. The Hall–Kier alpha value is 0.300. The van der Waals surface area contributed by atoms with Crippen LogP contribution in [0.15, 0.2) is 0 Å².